The Labute approximate surface area is 361 Å². The van der Waals surface area contributed by atoms with Crippen LogP contribution in [0.3, 0.4) is 0 Å². The van der Waals surface area contributed by atoms with Crippen molar-refractivity contribution in [3.8, 4) is 62.1 Å². The molecule has 0 atom stereocenters. The van der Waals surface area contributed by atoms with E-state index in [4.69, 9.17) is 23.8 Å². The summed E-state index contributed by atoms with van der Waals surface area (Å²) in [6, 6.07) is 71.5. The molecular formula is C57H34N4O2. The first-order chi connectivity index (χ1) is 31.2. The van der Waals surface area contributed by atoms with Gasteiger partial charge in [0.05, 0.1) is 16.7 Å². The van der Waals surface area contributed by atoms with Crippen molar-refractivity contribution in [2.75, 3.05) is 0 Å². The van der Waals surface area contributed by atoms with Crippen LogP contribution in [0.15, 0.2) is 215 Å². The number of hydrogen-bond donors (Lipinski definition) is 0. The molecule has 0 saturated carbocycles. The quantitative estimate of drug-likeness (QED) is 0.167. The first kappa shape index (κ1) is 35.2. The maximum atomic E-state index is 6.66. The molecule has 0 amide bonds. The maximum Gasteiger partial charge on any atom is 0.164 e. The molecule has 294 valence electrons. The lowest BCUT2D eigenvalue weighted by Crippen LogP contribution is -2.00. The highest BCUT2D eigenvalue weighted by Gasteiger charge is 2.23. The zero-order valence-electron chi connectivity index (χ0n) is 33.7. The summed E-state index contributed by atoms with van der Waals surface area (Å²) in [6.45, 7) is 0. The second-order valence-electron chi connectivity index (χ2n) is 15.9. The molecule has 0 aliphatic heterocycles. The van der Waals surface area contributed by atoms with Gasteiger partial charge in [0.25, 0.3) is 0 Å². The molecule has 0 spiro atoms. The highest BCUT2D eigenvalue weighted by Crippen LogP contribution is 2.45. The lowest BCUT2D eigenvalue weighted by atomic mass is 9.95. The third kappa shape index (κ3) is 5.62. The van der Waals surface area contributed by atoms with Gasteiger partial charge in [0, 0.05) is 54.6 Å². The Morgan fingerprint density at radius 2 is 0.810 bits per heavy atom. The van der Waals surface area contributed by atoms with Gasteiger partial charge in [-0.25, -0.2) is 15.0 Å². The van der Waals surface area contributed by atoms with Gasteiger partial charge >= 0.3 is 0 Å². The standard InChI is InChI=1S/C57H34N4O2/c1-3-14-35(15-4-1)36-26-28-38(29-27-36)56-58-55(37-16-5-2-6-17-37)59-57(60-56)43-21-13-25-50-53(43)44-34-39(30-32-49(44)63-50)52-47(31-33-51-54(52)42-20-9-12-24-48(42)62-51)61-45-22-10-7-18-40(45)41-19-8-11-23-46(41)61/h1-34H. The van der Waals surface area contributed by atoms with E-state index in [1.165, 1.54) is 10.8 Å². The van der Waals surface area contributed by atoms with E-state index in [-0.39, 0.29) is 0 Å². The Morgan fingerprint density at radius 1 is 0.317 bits per heavy atom. The fourth-order valence-electron chi connectivity index (χ4n) is 9.42. The highest BCUT2D eigenvalue weighted by molar-refractivity contribution is 6.18. The molecule has 0 saturated heterocycles. The SMILES string of the molecule is c1ccc(-c2ccc(-c3nc(-c4ccccc4)nc(-c4cccc5oc6ccc(-c7c(-n8c9ccccc9c9ccccc98)ccc8oc9ccccc9c78)cc6c45)n3)cc2)cc1. The normalized spacial score (nSPS) is 11.8. The van der Waals surface area contributed by atoms with Crippen LogP contribution in [0.25, 0.3) is 128 Å². The molecule has 13 rings (SSSR count). The van der Waals surface area contributed by atoms with Crippen molar-refractivity contribution in [3.63, 3.8) is 0 Å². The number of rotatable bonds is 6. The van der Waals surface area contributed by atoms with Gasteiger partial charge in [0.15, 0.2) is 17.5 Å². The monoisotopic (exact) mass is 806 g/mol. The molecule has 0 aliphatic rings. The Morgan fingerprint density at radius 3 is 1.52 bits per heavy atom. The lowest BCUT2D eigenvalue weighted by Gasteiger charge is -2.16. The van der Waals surface area contributed by atoms with E-state index in [9.17, 15) is 0 Å². The van der Waals surface area contributed by atoms with Crippen molar-refractivity contribution in [3.05, 3.63) is 206 Å². The molecule has 4 aromatic heterocycles. The summed E-state index contributed by atoms with van der Waals surface area (Å²) in [7, 11) is 0. The highest BCUT2D eigenvalue weighted by atomic mass is 16.3. The van der Waals surface area contributed by atoms with Gasteiger partial charge in [-0.3, -0.25) is 0 Å². The Balaban J connectivity index is 1.05. The predicted octanol–water partition coefficient (Wildman–Crippen LogP) is 15.1. The number of aromatic nitrogens is 4. The number of fused-ring (bicyclic) bond motifs is 9. The van der Waals surface area contributed by atoms with E-state index >= 15 is 0 Å². The summed E-state index contributed by atoms with van der Waals surface area (Å²) in [5, 5.41) is 6.43. The minimum atomic E-state index is 0.568. The van der Waals surface area contributed by atoms with Crippen molar-refractivity contribution in [1.82, 2.24) is 19.5 Å². The summed E-state index contributed by atoms with van der Waals surface area (Å²) in [4.78, 5) is 15.4. The fraction of sp³-hybridized carbons (Fsp3) is 0. The van der Waals surface area contributed by atoms with Crippen molar-refractivity contribution >= 4 is 65.7 Å². The molecule has 13 aromatic rings. The van der Waals surface area contributed by atoms with Gasteiger partial charge < -0.3 is 13.4 Å². The molecule has 0 unspecified atom stereocenters. The molecular weight excluding hydrogens is 773 g/mol. The van der Waals surface area contributed by atoms with E-state index in [1.807, 2.05) is 60.7 Å². The third-order valence-electron chi connectivity index (χ3n) is 12.3. The second-order valence-corrected chi connectivity index (χ2v) is 15.9. The second kappa shape index (κ2) is 14.0. The van der Waals surface area contributed by atoms with Crippen LogP contribution in [0.2, 0.25) is 0 Å². The molecule has 63 heavy (non-hydrogen) atoms. The van der Waals surface area contributed by atoms with Crippen LogP contribution in [0, 0.1) is 0 Å². The zero-order valence-corrected chi connectivity index (χ0v) is 33.7. The average molecular weight is 807 g/mol. The van der Waals surface area contributed by atoms with Gasteiger partial charge in [-0.1, -0.05) is 158 Å². The molecule has 0 aliphatic carbocycles. The molecule has 0 bridgehead atoms. The summed E-state index contributed by atoms with van der Waals surface area (Å²) >= 11 is 0. The van der Waals surface area contributed by atoms with Gasteiger partial charge in [0.1, 0.15) is 22.3 Å². The minimum Gasteiger partial charge on any atom is -0.456 e. The molecule has 6 heteroatoms. The molecule has 0 N–H and O–H groups in total. The molecule has 9 aromatic carbocycles. The van der Waals surface area contributed by atoms with Gasteiger partial charge in [0.2, 0.25) is 0 Å². The molecule has 0 fully saturated rings. The van der Waals surface area contributed by atoms with Gasteiger partial charge in [-0.05, 0) is 65.2 Å². The Kier molecular flexibility index (Phi) is 7.80. The third-order valence-corrected chi connectivity index (χ3v) is 12.3. The van der Waals surface area contributed by atoms with Gasteiger partial charge in [-0.15, -0.1) is 0 Å². The Bertz CT molecular complexity index is 3850. The predicted molar refractivity (Wildman–Crippen MR) is 256 cm³/mol. The Hall–Kier alpha value is -8.61. The smallest absolute Gasteiger partial charge is 0.164 e. The summed E-state index contributed by atoms with van der Waals surface area (Å²) in [5.41, 5.74) is 13.6. The van der Waals surface area contributed by atoms with Crippen LogP contribution in [-0.4, -0.2) is 19.5 Å². The average Bonchev–Trinajstić information content (AvgIpc) is 4.04. The number of furan rings is 2. The summed E-state index contributed by atoms with van der Waals surface area (Å²) in [5.74, 6) is 1.76. The number of benzene rings is 9. The largest absolute Gasteiger partial charge is 0.456 e. The van der Waals surface area contributed by atoms with E-state index < -0.39 is 0 Å². The first-order valence-electron chi connectivity index (χ1n) is 21.1. The van der Waals surface area contributed by atoms with Crippen LogP contribution in [0.5, 0.6) is 0 Å². The van der Waals surface area contributed by atoms with Crippen molar-refractivity contribution < 1.29 is 8.83 Å². The van der Waals surface area contributed by atoms with Crippen molar-refractivity contribution in [2.45, 2.75) is 0 Å². The van der Waals surface area contributed by atoms with E-state index in [0.29, 0.717) is 17.5 Å². The lowest BCUT2D eigenvalue weighted by molar-refractivity contribution is 0.669. The van der Waals surface area contributed by atoms with Crippen LogP contribution >= 0.6 is 0 Å². The fourth-order valence-corrected chi connectivity index (χ4v) is 9.42. The van der Waals surface area contributed by atoms with Crippen LogP contribution in [0.4, 0.5) is 0 Å². The number of nitrogens with zero attached hydrogens (tertiary/aromatic N) is 4. The van der Waals surface area contributed by atoms with Crippen LogP contribution < -0.4 is 0 Å². The number of hydrogen-bond acceptors (Lipinski definition) is 5. The zero-order chi connectivity index (χ0) is 41.4. The minimum absolute atomic E-state index is 0.568. The number of para-hydroxylation sites is 3. The van der Waals surface area contributed by atoms with Crippen molar-refractivity contribution in [2.24, 2.45) is 0 Å². The van der Waals surface area contributed by atoms with E-state index in [1.54, 1.807) is 0 Å². The summed E-state index contributed by atoms with van der Waals surface area (Å²) in [6.07, 6.45) is 0. The van der Waals surface area contributed by atoms with Gasteiger partial charge in [-0.2, -0.15) is 0 Å². The topological polar surface area (TPSA) is 69.9 Å². The van der Waals surface area contributed by atoms with E-state index in [2.05, 4.69) is 150 Å². The first-order valence-corrected chi connectivity index (χ1v) is 21.1. The molecule has 4 heterocycles. The molecule has 6 nitrogen and oxygen atoms in total. The van der Waals surface area contributed by atoms with Crippen molar-refractivity contribution in [1.29, 1.82) is 0 Å². The maximum absolute atomic E-state index is 6.66. The van der Waals surface area contributed by atoms with E-state index in [0.717, 1.165) is 99.5 Å². The molecule has 0 radical (unpaired) electrons. The van der Waals surface area contributed by atoms with Crippen LogP contribution in [-0.2, 0) is 0 Å². The summed E-state index contributed by atoms with van der Waals surface area (Å²) < 4.78 is 15.6. The van der Waals surface area contributed by atoms with Crippen LogP contribution in [0.1, 0.15) is 0 Å².